The van der Waals surface area contributed by atoms with E-state index < -0.39 is 18.0 Å². The van der Waals surface area contributed by atoms with Crippen molar-refractivity contribution in [3.63, 3.8) is 0 Å². The van der Waals surface area contributed by atoms with E-state index in [4.69, 9.17) is 16.3 Å². The molecule has 0 unspecified atom stereocenters. The molecule has 0 aliphatic carbocycles. The predicted molar refractivity (Wildman–Crippen MR) is 156 cm³/mol. The van der Waals surface area contributed by atoms with Crippen molar-refractivity contribution in [3.05, 3.63) is 95.4 Å². The van der Waals surface area contributed by atoms with Gasteiger partial charge in [-0.15, -0.1) is 0 Å². The number of amides is 3. The lowest BCUT2D eigenvalue weighted by Crippen LogP contribution is -2.42. The number of ether oxygens (including phenoxy) is 1. The number of carbonyl (C=O) groups is 3. The van der Waals surface area contributed by atoms with E-state index in [0.717, 1.165) is 10.8 Å². The zero-order valence-corrected chi connectivity index (χ0v) is 23.7. The largest absolute Gasteiger partial charge is 0.447 e. The van der Waals surface area contributed by atoms with Crippen molar-refractivity contribution in [3.8, 4) is 0 Å². The zero-order chi connectivity index (χ0) is 29.9. The number of benzene rings is 2. The summed E-state index contributed by atoms with van der Waals surface area (Å²) in [6.07, 6.45) is 6.07. The molecule has 2 aromatic heterocycles. The number of nitrogens with zero attached hydrogens (tertiary/aromatic N) is 4. The van der Waals surface area contributed by atoms with Crippen LogP contribution < -0.4 is 10.6 Å². The Morgan fingerprint density at radius 2 is 1.83 bits per heavy atom. The van der Waals surface area contributed by atoms with Crippen LogP contribution in [-0.2, 0) is 27.3 Å². The van der Waals surface area contributed by atoms with Crippen molar-refractivity contribution < 1.29 is 23.5 Å². The number of fused-ring (bicyclic) bond motifs is 1. The molecule has 0 saturated heterocycles. The third kappa shape index (κ3) is 8.68. The Morgan fingerprint density at radius 1 is 1.02 bits per heavy atom. The van der Waals surface area contributed by atoms with Crippen LogP contribution in [0.15, 0.2) is 73.3 Å². The molecule has 10 nitrogen and oxygen atoms in total. The number of carbonyl (C=O) groups excluding carboxylic acids is 3. The SMILES string of the molecule is CN(C(=O)CCc1cccc(F)c1Cl)[C@@H](CCC(=O)NCc1cnccn1)COC(=O)Nc1cc2ccccc2cn1. The van der Waals surface area contributed by atoms with Gasteiger partial charge in [-0.25, -0.2) is 14.2 Å². The normalized spacial score (nSPS) is 11.5. The summed E-state index contributed by atoms with van der Waals surface area (Å²) in [6.45, 7) is 0.0397. The van der Waals surface area contributed by atoms with Crippen molar-refractivity contribution in [1.29, 1.82) is 0 Å². The van der Waals surface area contributed by atoms with Crippen molar-refractivity contribution >= 4 is 46.1 Å². The third-order valence-corrected chi connectivity index (χ3v) is 7.06. The number of nitrogens with one attached hydrogen (secondary N) is 2. The number of likely N-dealkylation sites (N-methyl/N-ethyl adjacent to an activating group) is 1. The fourth-order valence-corrected chi connectivity index (χ4v) is 4.43. The monoisotopic (exact) mass is 592 g/mol. The van der Waals surface area contributed by atoms with Gasteiger partial charge in [-0.1, -0.05) is 48.0 Å². The van der Waals surface area contributed by atoms with E-state index >= 15 is 0 Å². The minimum Gasteiger partial charge on any atom is -0.447 e. The second-order valence-electron chi connectivity index (χ2n) is 9.52. The standard InChI is InChI=1S/C30H30ClFN6O4/c1-38(28(40)12-9-20-7-4-8-25(32)29(20)31)24(10-11-27(39)36-18-23-17-33-13-14-34-23)19-42-30(41)37-26-15-21-5-2-3-6-22(21)16-35-26/h2-8,13-17,24H,9-12,18-19H2,1H3,(H,36,39)(H,35,37,41)/t24-/m0/s1. The topological polar surface area (TPSA) is 126 Å². The van der Waals surface area contributed by atoms with E-state index in [-0.39, 0.29) is 55.7 Å². The number of rotatable bonds is 12. The van der Waals surface area contributed by atoms with Gasteiger partial charge < -0.3 is 15.0 Å². The van der Waals surface area contributed by atoms with Gasteiger partial charge in [0.2, 0.25) is 11.8 Å². The molecule has 4 rings (SSSR count). The van der Waals surface area contributed by atoms with Crippen LogP contribution in [-0.4, -0.2) is 57.5 Å². The fraction of sp³-hybridized carbons (Fsp3) is 0.267. The summed E-state index contributed by atoms with van der Waals surface area (Å²) in [5.74, 6) is -0.779. The second kappa shape index (κ2) is 14.8. The minimum absolute atomic E-state index is 0.0217. The van der Waals surface area contributed by atoms with Crippen molar-refractivity contribution in [1.82, 2.24) is 25.2 Å². The molecule has 0 fully saturated rings. The number of aromatic nitrogens is 3. The Morgan fingerprint density at radius 3 is 2.62 bits per heavy atom. The van der Waals surface area contributed by atoms with E-state index in [9.17, 15) is 18.8 Å². The molecule has 2 heterocycles. The summed E-state index contributed by atoms with van der Waals surface area (Å²) in [7, 11) is 1.57. The van der Waals surface area contributed by atoms with Gasteiger partial charge in [0.05, 0.1) is 29.5 Å². The molecule has 3 amide bonds. The van der Waals surface area contributed by atoms with E-state index in [1.54, 1.807) is 31.6 Å². The van der Waals surface area contributed by atoms with Gasteiger partial charge in [0.15, 0.2) is 0 Å². The number of halogens is 2. The molecule has 2 aromatic carbocycles. The average molecular weight is 593 g/mol. The van der Waals surface area contributed by atoms with Crippen molar-refractivity contribution in [2.24, 2.45) is 0 Å². The Balaban J connectivity index is 1.36. The van der Waals surface area contributed by atoms with E-state index in [2.05, 4.69) is 25.6 Å². The lowest BCUT2D eigenvalue weighted by atomic mass is 10.1. The lowest BCUT2D eigenvalue weighted by molar-refractivity contribution is -0.133. The van der Waals surface area contributed by atoms with Crippen LogP contribution in [0.2, 0.25) is 5.02 Å². The van der Waals surface area contributed by atoms with E-state index in [1.165, 1.54) is 29.4 Å². The van der Waals surface area contributed by atoms with Gasteiger partial charge in [-0.3, -0.25) is 24.9 Å². The van der Waals surface area contributed by atoms with Crippen LogP contribution in [0.5, 0.6) is 0 Å². The quantitative estimate of drug-likeness (QED) is 0.239. The highest BCUT2D eigenvalue weighted by Crippen LogP contribution is 2.22. The number of hydrogen-bond acceptors (Lipinski definition) is 7. The Labute approximate surface area is 247 Å². The molecule has 2 N–H and O–H groups in total. The zero-order valence-electron chi connectivity index (χ0n) is 22.9. The fourth-order valence-electron chi connectivity index (χ4n) is 4.21. The molecule has 0 radical (unpaired) electrons. The van der Waals surface area contributed by atoms with Crippen LogP contribution in [0, 0.1) is 5.82 Å². The van der Waals surface area contributed by atoms with Crippen LogP contribution in [0.25, 0.3) is 10.8 Å². The van der Waals surface area contributed by atoms with Gasteiger partial charge in [-0.05, 0) is 35.9 Å². The predicted octanol–water partition coefficient (Wildman–Crippen LogP) is 4.92. The third-order valence-electron chi connectivity index (χ3n) is 6.64. The summed E-state index contributed by atoms with van der Waals surface area (Å²) in [6, 6.07) is 13.1. The highest BCUT2D eigenvalue weighted by molar-refractivity contribution is 6.31. The molecule has 0 bridgehead atoms. The van der Waals surface area contributed by atoms with Crippen molar-refractivity contribution in [2.45, 2.75) is 38.3 Å². The molecular formula is C30H30ClFN6O4. The molecular weight excluding hydrogens is 563 g/mol. The first-order chi connectivity index (χ1) is 20.3. The van der Waals surface area contributed by atoms with Gasteiger partial charge in [-0.2, -0.15) is 0 Å². The van der Waals surface area contributed by atoms with E-state index in [0.29, 0.717) is 17.1 Å². The molecule has 42 heavy (non-hydrogen) atoms. The highest BCUT2D eigenvalue weighted by atomic mass is 35.5. The molecule has 12 heteroatoms. The lowest BCUT2D eigenvalue weighted by Gasteiger charge is -2.28. The van der Waals surface area contributed by atoms with Gasteiger partial charge in [0.25, 0.3) is 0 Å². The smallest absolute Gasteiger partial charge is 0.412 e. The summed E-state index contributed by atoms with van der Waals surface area (Å²) in [5, 5.41) is 7.17. The van der Waals surface area contributed by atoms with E-state index in [1.807, 2.05) is 24.3 Å². The summed E-state index contributed by atoms with van der Waals surface area (Å²) < 4.78 is 19.3. The Hall–Kier alpha value is -4.64. The van der Waals surface area contributed by atoms with Crippen molar-refractivity contribution in [2.75, 3.05) is 19.0 Å². The first-order valence-corrected chi connectivity index (χ1v) is 13.7. The van der Waals surface area contributed by atoms with Crippen LogP contribution >= 0.6 is 11.6 Å². The minimum atomic E-state index is -0.748. The number of anilines is 1. The molecule has 1 atom stereocenters. The summed E-state index contributed by atoms with van der Waals surface area (Å²) in [5.41, 5.74) is 1.12. The molecule has 0 spiro atoms. The van der Waals surface area contributed by atoms with Gasteiger partial charge in [0.1, 0.15) is 18.2 Å². The average Bonchev–Trinajstić information content (AvgIpc) is 3.00. The van der Waals surface area contributed by atoms with Crippen LogP contribution in [0.4, 0.5) is 15.0 Å². The molecule has 4 aromatic rings. The highest BCUT2D eigenvalue weighted by Gasteiger charge is 2.23. The molecule has 0 aliphatic heterocycles. The van der Waals surface area contributed by atoms with Gasteiger partial charge in [0, 0.05) is 43.9 Å². The number of aryl methyl sites for hydroxylation is 1. The number of pyridine rings is 1. The summed E-state index contributed by atoms with van der Waals surface area (Å²) >= 11 is 6.04. The second-order valence-corrected chi connectivity index (χ2v) is 9.90. The molecule has 0 saturated carbocycles. The van der Waals surface area contributed by atoms with Crippen LogP contribution in [0.3, 0.4) is 0 Å². The molecule has 218 valence electrons. The van der Waals surface area contributed by atoms with Gasteiger partial charge >= 0.3 is 6.09 Å². The maximum absolute atomic E-state index is 13.8. The Bertz CT molecular complexity index is 1540. The number of hydrogen-bond donors (Lipinski definition) is 2. The first kappa shape index (κ1) is 30.3. The summed E-state index contributed by atoms with van der Waals surface area (Å²) in [4.78, 5) is 52.0. The first-order valence-electron chi connectivity index (χ1n) is 13.3. The maximum atomic E-state index is 13.8. The molecule has 0 aliphatic rings. The Kier molecular flexibility index (Phi) is 10.7. The van der Waals surface area contributed by atoms with Crippen LogP contribution in [0.1, 0.15) is 30.5 Å². The maximum Gasteiger partial charge on any atom is 0.412 e.